The van der Waals surface area contributed by atoms with Crippen LogP contribution < -0.4 is 11.3 Å². The standard InChI is InChI=1S/C10H11FN4S/c1-6-10(16-15-14-6)9(13-12)7-3-2-4-8(11)5-7/h2-5,9,13H,12H2,1H3. The predicted molar refractivity (Wildman–Crippen MR) is 60.2 cm³/mol. The van der Waals surface area contributed by atoms with Crippen LogP contribution >= 0.6 is 11.5 Å². The first-order valence-corrected chi connectivity index (χ1v) is 5.50. The molecule has 6 heteroatoms. The quantitative estimate of drug-likeness (QED) is 0.629. The highest BCUT2D eigenvalue weighted by atomic mass is 32.1. The van der Waals surface area contributed by atoms with Crippen LogP contribution in [0.25, 0.3) is 0 Å². The second-order valence-electron chi connectivity index (χ2n) is 3.38. The SMILES string of the molecule is Cc1nnsc1C(NN)c1cccc(F)c1. The molecule has 16 heavy (non-hydrogen) atoms. The summed E-state index contributed by atoms with van der Waals surface area (Å²) in [5, 5.41) is 3.91. The van der Waals surface area contributed by atoms with E-state index >= 15 is 0 Å². The van der Waals surface area contributed by atoms with Crippen molar-refractivity contribution in [2.45, 2.75) is 13.0 Å². The lowest BCUT2D eigenvalue weighted by atomic mass is 10.1. The number of aryl methyl sites for hydroxylation is 1. The van der Waals surface area contributed by atoms with Crippen molar-refractivity contribution in [2.24, 2.45) is 5.84 Å². The summed E-state index contributed by atoms with van der Waals surface area (Å²) in [6.45, 7) is 1.85. The molecule has 0 saturated heterocycles. The van der Waals surface area contributed by atoms with Gasteiger partial charge in [-0.1, -0.05) is 16.6 Å². The van der Waals surface area contributed by atoms with Gasteiger partial charge in [0.1, 0.15) is 5.82 Å². The van der Waals surface area contributed by atoms with E-state index in [1.54, 1.807) is 6.07 Å². The Hall–Kier alpha value is -1.37. The molecule has 1 atom stereocenters. The summed E-state index contributed by atoms with van der Waals surface area (Å²) in [6.07, 6.45) is 0. The van der Waals surface area contributed by atoms with Crippen LogP contribution in [0.5, 0.6) is 0 Å². The monoisotopic (exact) mass is 238 g/mol. The molecule has 0 spiro atoms. The minimum atomic E-state index is -0.284. The molecule has 1 unspecified atom stereocenters. The average Bonchev–Trinajstić information content (AvgIpc) is 2.67. The fraction of sp³-hybridized carbons (Fsp3) is 0.200. The van der Waals surface area contributed by atoms with Crippen LogP contribution in [0.3, 0.4) is 0 Å². The Balaban J connectivity index is 2.40. The van der Waals surface area contributed by atoms with E-state index in [4.69, 9.17) is 5.84 Å². The van der Waals surface area contributed by atoms with E-state index in [1.807, 2.05) is 13.0 Å². The topological polar surface area (TPSA) is 63.8 Å². The van der Waals surface area contributed by atoms with Crippen molar-refractivity contribution in [1.82, 2.24) is 15.0 Å². The maximum atomic E-state index is 13.1. The van der Waals surface area contributed by atoms with Gasteiger partial charge in [0.25, 0.3) is 0 Å². The molecule has 0 saturated carbocycles. The Kier molecular flexibility index (Phi) is 3.23. The molecule has 84 valence electrons. The molecular formula is C10H11FN4S. The molecule has 0 aliphatic carbocycles. The second kappa shape index (κ2) is 4.65. The number of benzene rings is 1. The van der Waals surface area contributed by atoms with E-state index in [0.717, 1.165) is 16.1 Å². The number of aromatic nitrogens is 2. The molecular weight excluding hydrogens is 227 g/mol. The third kappa shape index (κ3) is 2.08. The van der Waals surface area contributed by atoms with Gasteiger partial charge in [0.05, 0.1) is 16.6 Å². The van der Waals surface area contributed by atoms with Crippen molar-refractivity contribution < 1.29 is 4.39 Å². The minimum absolute atomic E-state index is 0.268. The summed E-state index contributed by atoms with van der Waals surface area (Å²) in [5.41, 5.74) is 4.22. The molecule has 3 N–H and O–H groups in total. The number of nitrogens with one attached hydrogen (secondary N) is 1. The van der Waals surface area contributed by atoms with Crippen molar-refractivity contribution in [2.75, 3.05) is 0 Å². The maximum absolute atomic E-state index is 13.1. The number of hydrazine groups is 1. The fourth-order valence-electron chi connectivity index (χ4n) is 1.51. The predicted octanol–water partition coefficient (Wildman–Crippen LogP) is 1.54. The molecule has 2 aromatic rings. The van der Waals surface area contributed by atoms with E-state index in [2.05, 4.69) is 15.0 Å². The molecule has 0 fully saturated rings. The maximum Gasteiger partial charge on any atom is 0.123 e. The zero-order valence-electron chi connectivity index (χ0n) is 8.64. The summed E-state index contributed by atoms with van der Waals surface area (Å²) < 4.78 is 17.0. The first kappa shape index (κ1) is 11.1. The number of nitrogens with two attached hydrogens (primary N) is 1. The van der Waals surface area contributed by atoms with Gasteiger partial charge in [0.2, 0.25) is 0 Å². The lowest BCUT2D eigenvalue weighted by Crippen LogP contribution is -2.28. The molecule has 0 aliphatic heterocycles. The van der Waals surface area contributed by atoms with Gasteiger partial charge in [-0.3, -0.25) is 5.84 Å². The minimum Gasteiger partial charge on any atom is -0.271 e. The van der Waals surface area contributed by atoms with E-state index in [0.29, 0.717) is 0 Å². The van der Waals surface area contributed by atoms with Crippen LogP contribution in [0.15, 0.2) is 24.3 Å². The van der Waals surface area contributed by atoms with Gasteiger partial charge in [-0.25, -0.2) is 9.82 Å². The lowest BCUT2D eigenvalue weighted by molar-refractivity contribution is 0.607. The number of rotatable bonds is 3. The smallest absolute Gasteiger partial charge is 0.123 e. The van der Waals surface area contributed by atoms with Crippen molar-refractivity contribution in [3.8, 4) is 0 Å². The Morgan fingerprint density at radius 2 is 2.31 bits per heavy atom. The van der Waals surface area contributed by atoms with Gasteiger partial charge in [-0.15, -0.1) is 5.10 Å². The number of hydrogen-bond donors (Lipinski definition) is 2. The van der Waals surface area contributed by atoms with Crippen LogP contribution in [0.4, 0.5) is 4.39 Å². The average molecular weight is 238 g/mol. The Morgan fingerprint density at radius 1 is 1.50 bits per heavy atom. The van der Waals surface area contributed by atoms with Gasteiger partial charge < -0.3 is 0 Å². The summed E-state index contributed by atoms with van der Waals surface area (Å²) in [6, 6.07) is 6.04. The molecule has 1 aromatic heterocycles. The van der Waals surface area contributed by atoms with Gasteiger partial charge in [0.15, 0.2) is 0 Å². The zero-order chi connectivity index (χ0) is 11.5. The largest absolute Gasteiger partial charge is 0.271 e. The zero-order valence-corrected chi connectivity index (χ0v) is 9.46. The van der Waals surface area contributed by atoms with Gasteiger partial charge >= 0.3 is 0 Å². The van der Waals surface area contributed by atoms with Crippen molar-refractivity contribution in [1.29, 1.82) is 0 Å². The van der Waals surface area contributed by atoms with Gasteiger partial charge in [-0.05, 0) is 36.2 Å². The number of halogens is 1. The number of nitrogens with zero attached hydrogens (tertiary/aromatic N) is 2. The second-order valence-corrected chi connectivity index (χ2v) is 4.16. The third-order valence-electron chi connectivity index (χ3n) is 2.30. The molecule has 0 radical (unpaired) electrons. The molecule has 1 heterocycles. The van der Waals surface area contributed by atoms with Crippen LogP contribution in [0.2, 0.25) is 0 Å². The highest BCUT2D eigenvalue weighted by Crippen LogP contribution is 2.26. The van der Waals surface area contributed by atoms with Gasteiger partial charge in [0, 0.05) is 0 Å². The Labute approximate surface area is 96.4 Å². The summed E-state index contributed by atoms with van der Waals surface area (Å²) >= 11 is 1.26. The van der Waals surface area contributed by atoms with Crippen LogP contribution in [0, 0.1) is 12.7 Å². The molecule has 0 amide bonds. The van der Waals surface area contributed by atoms with E-state index in [-0.39, 0.29) is 11.9 Å². The first-order chi connectivity index (χ1) is 7.72. The molecule has 1 aromatic carbocycles. The van der Waals surface area contributed by atoms with E-state index < -0.39 is 0 Å². The highest BCUT2D eigenvalue weighted by Gasteiger charge is 2.18. The van der Waals surface area contributed by atoms with E-state index in [1.165, 1.54) is 23.7 Å². The molecule has 4 nitrogen and oxygen atoms in total. The van der Waals surface area contributed by atoms with Crippen LogP contribution in [-0.4, -0.2) is 9.59 Å². The summed E-state index contributed by atoms with van der Waals surface area (Å²) in [4.78, 5) is 0.896. The highest BCUT2D eigenvalue weighted by molar-refractivity contribution is 7.05. The summed E-state index contributed by atoms with van der Waals surface area (Å²) in [5.74, 6) is 5.21. The normalized spacial score (nSPS) is 12.7. The van der Waals surface area contributed by atoms with E-state index in [9.17, 15) is 4.39 Å². The van der Waals surface area contributed by atoms with Gasteiger partial charge in [-0.2, -0.15) is 0 Å². The van der Waals surface area contributed by atoms with Crippen molar-refractivity contribution in [3.63, 3.8) is 0 Å². The summed E-state index contributed by atoms with van der Waals surface area (Å²) in [7, 11) is 0. The van der Waals surface area contributed by atoms with Crippen molar-refractivity contribution >= 4 is 11.5 Å². The lowest BCUT2D eigenvalue weighted by Gasteiger charge is -2.14. The van der Waals surface area contributed by atoms with Crippen LogP contribution in [-0.2, 0) is 0 Å². The fourth-order valence-corrected chi connectivity index (χ4v) is 2.25. The first-order valence-electron chi connectivity index (χ1n) is 4.73. The van der Waals surface area contributed by atoms with Crippen molar-refractivity contribution in [3.05, 3.63) is 46.2 Å². The van der Waals surface area contributed by atoms with Crippen LogP contribution in [0.1, 0.15) is 22.2 Å². The molecule has 0 aliphatic rings. The molecule has 2 rings (SSSR count). The third-order valence-corrected chi connectivity index (χ3v) is 3.19. The number of hydrogen-bond acceptors (Lipinski definition) is 5. The Bertz CT molecular complexity index is 485. The molecule has 0 bridgehead atoms. The Morgan fingerprint density at radius 3 is 2.88 bits per heavy atom.